The lowest BCUT2D eigenvalue weighted by atomic mass is 10.2. The number of hydrogen-bond donors (Lipinski definition) is 1. The Bertz CT molecular complexity index is 682. The van der Waals surface area contributed by atoms with Gasteiger partial charge in [-0.15, -0.1) is 10.2 Å². The number of hydrogen-bond acceptors (Lipinski definition) is 5. The third kappa shape index (κ3) is 3.51. The van der Waals surface area contributed by atoms with Crippen LogP contribution >= 0.6 is 0 Å². The Labute approximate surface area is 128 Å². The lowest BCUT2D eigenvalue weighted by Gasteiger charge is -2.15. The zero-order valence-corrected chi connectivity index (χ0v) is 12.9. The number of methoxy groups -OCH3 is 1. The van der Waals surface area contributed by atoms with Gasteiger partial charge in [-0.2, -0.15) is 0 Å². The van der Waals surface area contributed by atoms with Gasteiger partial charge in [0.15, 0.2) is 5.65 Å². The molecule has 0 saturated heterocycles. The summed E-state index contributed by atoms with van der Waals surface area (Å²) in [6, 6.07) is 1.89. The number of ether oxygens (including phenoxy) is 1. The first-order chi connectivity index (χ1) is 10.5. The molecule has 0 saturated carbocycles. The van der Waals surface area contributed by atoms with Crippen LogP contribution in [0.1, 0.15) is 18.4 Å². The lowest BCUT2D eigenvalue weighted by molar-refractivity contribution is -0.116. The number of nitrogens with one attached hydrogen (secondary N) is 1. The van der Waals surface area contributed by atoms with E-state index in [0.717, 1.165) is 5.56 Å². The summed E-state index contributed by atoms with van der Waals surface area (Å²) in [6.07, 6.45) is 3.85. The van der Waals surface area contributed by atoms with E-state index in [1.165, 1.54) is 12.0 Å². The van der Waals surface area contributed by atoms with Crippen molar-refractivity contribution in [2.75, 3.05) is 26.0 Å². The molecule has 2 amide bonds. The van der Waals surface area contributed by atoms with E-state index < -0.39 is 6.09 Å². The van der Waals surface area contributed by atoms with Crippen molar-refractivity contribution >= 4 is 23.3 Å². The molecule has 0 aliphatic rings. The molecule has 8 heteroatoms. The summed E-state index contributed by atoms with van der Waals surface area (Å²) < 4.78 is 6.33. The van der Waals surface area contributed by atoms with E-state index in [-0.39, 0.29) is 5.91 Å². The molecule has 2 heterocycles. The Balaban J connectivity index is 1.93. The van der Waals surface area contributed by atoms with Crippen LogP contribution in [0, 0.1) is 6.92 Å². The Morgan fingerprint density at radius 3 is 2.95 bits per heavy atom. The van der Waals surface area contributed by atoms with Crippen molar-refractivity contribution in [1.29, 1.82) is 0 Å². The highest BCUT2D eigenvalue weighted by molar-refractivity contribution is 5.95. The summed E-state index contributed by atoms with van der Waals surface area (Å²) in [4.78, 5) is 24.7. The summed E-state index contributed by atoms with van der Waals surface area (Å²) in [7, 11) is 2.96. The van der Waals surface area contributed by atoms with Crippen LogP contribution in [0.3, 0.4) is 0 Å². The molecule has 0 aliphatic carbocycles. The van der Waals surface area contributed by atoms with Gasteiger partial charge in [-0.1, -0.05) is 0 Å². The lowest BCUT2D eigenvalue weighted by Crippen LogP contribution is -2.28. The molecule has 2 rings (SSSR count). The summed E-state index contributed by atoms with van der Waals surface area (Å²) >= 11 is 0. The van der Waals surface area contributed by atoms with Gasteiger partial charge in [-0.25, -0.2) is 4.79 Å². The number of carbonyl (C=O) groups is 2. The Morgan fingerprint density at radius 1 is 1.45 bits per heavy atom. The van der Waals surface area contributed by atoms with Crippen molar-refractivity contribution in [1.82, 2.24) is 19.5 Å². The molecule has 0 radical (unpaired) electrons. The van der Waals surface area contributed by atoms with Gasteiger partial charge in [-0.05, 0) is 25.0 Å². The molecule has 0 aromatic carbocycles. The van der Waals surface area contributed by atoms with E-state index in [2.05, 4.69) is 20.3 Å². The Hall–Kier alpha value is -2.64. The predicted molar refractivity (Wildman–Crippen MR) is 80.6 cm³/mol. The second kappa shape index (κ2) is 6.88. The van der Waals surface area contributed by atoms with Gasteiger partial charge in [0.2, 0.25) is 5.91 Å². The van der Waals surface area contributed by atoms with E-state index >= 15 is 0 Å². The fourth-order valence-corrected chi connectivity index (χ4v) is 2.06. The first-order valence-corrected chi connectivity index (χ1v) is 6.91. The fraction of sp³-hybridized carbons (Fsp3) is 0.429. The Kier molecular flexibility index (Phi) is 4.92. The van der Waals surface area contributed by atoms with Crippen LogP contribution in [0.2, 0.25) is 0 Å². The summed E-state index contributed by atoms with van der Waals surface area (Å²) in [5.41, 5.74) is 2.19. The normalized spacial score (nSPS) is 10.5. The van der Waals surface area contributed by atoms with Gasteiger partial charge in [0, 0.05) is 26.2 Å². The van der Waals surface area contributed by atoms with Gasteiger partial charge in [0.25, 0.3) is 0 Å². The van der Waals surface area contributed by atoms with Crippen LogP contribution in [0.25, 0.3) is 5.65 Å². The molecule has 0 atom stereocenters. The molecule has 118 valence electrons. The molecule has 0 unspecified atom stereocenters. The number of anilines is 1. The first kappa shape index (κ1) is 15.7. The molecular weight excluding hydrogens is 286 g/mol. The van der Waals surface area contributed by atoms with Crippen LogP contribution in [-0.4, -0.2) is 52.2 Å². The summed E-state index contributed by atoms with van der Waals surface area (Å²) in [6.45, 7) is 2.35. The zero-order chi connectivity index (χ0) is 16.1. The third-order valence-electron chi connectivity index (χ3n) is 3.32. The number of rotatable bonds is 5. The molecule has 1 N–H and O–H groups in total. The minimum atomic E-state index is -0.413. The highest BCUT2D eigenvalue weighted by Crippen LogP contribution is 2.19. The van der Waals surface area contributed by atoms with Crippen LogP contribution in [-0.2, 0) is 9.53 Å². The van der Waals surface area contributed by atoms with Gasteiger partial charge < -0.3 is 15.0 Å². The number of nitrogens with zero attached hydrogens (tertiary/aromatic N) is 4. The molecule has 22 heavy (non-hydrogen) atoms. The maximum atomic E-state index is 12.0. The van der Waals surface area contributed by atoms with E-state index in [9.17, 15) is 9.59 Å². The van der Waals surface area contributed by atoms with E-state index in [1.54, 1.807) is 17.8 Å². The van der Waals surface area contributed by atoms with Gasteiger partial charge >= 0.3 is 6.09 Å². The summed E-state index contributed by atoms with van der Waals surface area (Å²) in [5.74, 6) is -0.127. The second-order valence-corrected chi connectivity index (χ2v) is 4.98. The minimum Gasteiger partial charge on any atom is -0.453 e. The molecule has 0 spiro atoms. The number of amides is 2. The topological polar surface area (TPSA) is 88.8 Å². The SMILES string of the molecule is COC(=O)N(C)CCCC(=O)Nc1c(C)ccn2cnnc12. The highest BCUT2D eigenvalue weighted by atomic mass is 16.5. The average Bonchev–Trinajstić information content (AvgIpc) is 2.98. The van der Waals surface area contributed by atoms with E-state index in [1.807, 2.05) is 19.2 Å². The van der Waals surface area contributed by atoms with Crippen LogP contribution in [0.4, 0.5) is 10.5 Å². The molecule has 0 fully saturated rings. The number of fused-ring (bicyclic) bond motifs is 1. The molecular formula is C14H19N5O3. The largest absolute Gasteiger partial charge is 0.453 e. The van der Waals surface area contributed by atoms with Gasteiger partial charge in [0.05, 0.1) is 12.8 Å². The van der Waals surface area contributed by atoms with Gasteiger partial charge in [-0.3, -0.25) is 9.20 Å². The molecule has 8 nitrogen and oxygen atoms in total. The molecule has 2 aromatic rings. The number of carbonyl (C=O) groups excluding carboxylic acids is 2. The number of pyridine rings is 1. The maximum Gasteiger partial charge on any atom is 0.409 e. The quantitative estimate of drug-likeness (QED) is 0.903. The predicted octanol–water partition coefficient (Wildman–Crippen LogP) is 1.45. The monoisotopic (exact) mass is 305 g/mol. The average molecular weight is 305 g/mol. The second-order valence-electron chi connectivity index (χ2n) is 4.98. The zero-order valence-electron chi connectivity index (χ0n) is 12.9. The first-order valence-electron chi connectivity index (χ1n) is 6.91. The Morgan fingerprint density at radius 2 is 2.23 bits per heavy atom. The third-order valence-corrected chi connectivity index (χ3v) is 3.32. The van der Waals surface area contributed by atoms with Crippen molar-refractivity contribution in [3.8, 4) is 0 Å². The van der Waals surface area contributed by atoms with Crippen molar-refractivity contribution in [3.05, 3.63) is 24.2 Å². The smallest absolute Gasteiger partial charge is 0.409 e. The minimum absolute atomic E-state index is 0.127. The standard InChI is InChI=1S/C14H19N5O3/c1-10-6-8-19-9-15-17-13(19)12(10)16-11(20)5-4-7-18(2)14(21)22-3/h6,8-9H,4-5,7H2,1-3H3,(H,16,20). The molecule has 2 aromatic heterocycles. The van der Waals surface area contributed by atoms with Crippen molar-refractivity contribution in [2.45, 2.75) is 19.8 Å². The number of aryl methyl sites for hydroxylation is 1. The van der Waals surface area contributed by atoms with E-state index in [0.29, 0.717) is 30.7 Å². The van der Waals surface area contributed by atoms with Gasteiger partial charge in [0.1, 0.15) is 6.33 Å². The van der Waals surface area contributed by atoms with Crippen molar-refractivity contribution in [3.63, 3.8) is 0 Å². The van der Waals surface area contributed by atoms with Crippen LogP contribution in [0.15, 0.2) is 18.6 Å². The fourth-order valence-electron chi connectivity index (χ4n) is 2.06. The summed E-state index contributed by atoms with van der Waals surface area (Å²) in [5, 5.41) is 10.7. The molecule has 0 bridgehead atoms. The van der Waals surface area contributed by atoms with Crippen molar-refractivity contribution < 1.29 is 14.3 Å². The molecule has 0 aliphatic heterocycles. The van der Waals surface area contributed by atoms with Crippen molar-refractivity contribution in [2.24, 2.45) is 0 Å². The maximum absolute atomic E-state index is 12.0. The van der Waals surface area contributed by atoms with Crippen LogP contribution < -0.4 is 5.32 Å². The highest BCUT2D eigenvalue weighted by Gasteiger charge is 2.12. The van der Waals surface area contributed by atoms with Crippen LogP contribution in [0.5, 0.6) is 0 Å². The number of aromatic nitrogens is 3. The van der Waals surface area contributed by atoms with E-state index in [4.69, 9.17) is 0 Å².